The van der Waals surface area contributed by atoms with Crippen molar-refractivity contribution in [3.63, 3.8) is 0 Å². The van der Waals surface area contributed by atoms with Gasteiger partial charge >= 0.3 is 0 Å². The minimum absolute atomic E-state index is 0.0411. The zero-order valence-electron chi connectivity index (χ0n) is 11.6. The van der Waals surface area contributed by atoms with Gasteiger partial charge in [0.2, 0.25) is 5.91 Å². The smallest absolute Gasteiger partial charge is 0.224 e. The largest absolute Gasteiger partial charge is 0.343 e. The Kier molecular flexibility index (Phi) is 4.91. The van der Waals surface area contributed by atoms with Crippen LogP contribution in [0.25, 0.3) is 0 Å². The highest BCUT2D eigenvalue weighted by molar-refractivity contribution is 5.76. The number of pyridine rings is 1. The Morgan fingerprint density at radius 2 is 2.26 bits per heavy atom. The van der Waals surface area contributed by atoms with Crippen LogP contribution in [-0.2, 0) is 11.2 Å². The molecule has 1 amide bonds. The molecular formula is C15H23N3O. The fourth-order valence-corrected chi connectivity index (χ4v) is 2.64. The molecule has 1 aromatic rings. The van der Waals surface area contributed by atoms with E-state index in [9.17, 15) is 4.79 Å². The van der Waals surface area contributed by atoms with E-state index in [1.807, 2.05) is 24.1 Å². The quantitative estimate of drug-likeness (QED) is 0.895. The summed E-state index contributed by atoms with van der Waals surface area (Å²) in [5.74, 6) is 0.873. The number of carbonyl (C=O) groups is 1. The van der Waals surface area contributed by atoms with Crippen molar-refractivity contribution in [2.75, 3.05) is 13.1 Å². The molecule has 0 aliphatic carbocycles. The summed E-state index contributed by atoms with van der Waals surface area (Å²) in [4.78, 5) is 18.0. The van der Waals surface area contributed by atoms with Gasteiger partial charge in [-0.3, -0.25) is 9.78 Å². The van der Waals surface area contributed by atoms with Crippen molar-refractivity contribution in [2.24, 2.45) is 11.7 Å². The monoisotopic (exact) mass is 261 g/mol. The molecule has 2 heterocycles. The van der Waals surface area contributed by atoms with E-state index in [1.165, 1.54) is 5.56 Å². The van der Waals surface area contributed by atoms with Gasteiger partial charge in [-0.05, 0) is 43.7 Å². The van der Waals surface area contributed by atoms with Crippen molar-refractivity contribution in [3.05, 3.63) is 30.1 Å². The van der Waals surface area contributed by atoms with Gasteiger partial charge in [-0.15, -0.1) is 0 Å². The van der Waals surface area contributed by atoms with Crippen LogP contribution in [0.15, 0.2) is 24.5 Å². The maximum Gasteiger partial charge on any atom is 0.224 e. The second-order valence-corrected chi connectivity index (χ2v) is 5.57. The van der Waals surface area contributed by atoms with Gasteiger partial charge in [0.15, 0.2) is 0 Å². The molecule has 19 heavy (non-hydrogen) atoms. The lowest BCUT2D eigenvalue weighted by atomic mass is 9.90. The summed E-state index contributed by atoms with van der Waals surface area (Å²) in [6, 6.07) is 4.07. The van der Waals surface area contributed by atoms with E-state index in [0.29, 0.717) is 12.3 Å². The van der Waals surface area contributed by atoms with Gasteiger partial charge in [0.1, 0.15) is 0 Å². The first-order valence-corrected chi connectivity index (χ1v) is 7.07. The number of piperidine rings is 1. The summed E-state index contributed by atoms with van der Waals surface area (Å²) >= 11 is 0. The maximum absolute atomic E-state index is 11.9. The third kappa shape index (κ3) is 4.31. The number of likely N-dealkylation sites (tertiary alicyclic amines) is 1. The fraction of sp³-hybridized carbons (Fsp3) is 0.600. The third-order valence-electron chi connectivity index (χ3n) is 3.71. The molecule has 1 atom stereocenters. The number of hydrogen-bond acceptors (Lipinski definition) is 3. The van der Waals surface area contributed by atoms with Gasteiger partial charge in [-0.1, -0.05) is 6.07 Å². The summed E-state index contributed by atoms with van der Waals surface area (Å²) in [6.45, 7) is 3.63. The van der Waals surface area contributed by atoms with Crippen LogP contribution in [0.5, 0.6) is 0 Å². The molecule has 1 aromatic heterocycles. The van der Waals surface area contributed by atoms with Crippen LogP contribution >= 0.6 is 0 Å². The van der Waals surface area contributed by atoms with Crippen molar-refractivity contribution in [2.45, 2.75) is 38.6 Å². The summed E-state index contributed by atoms with van der Waals surface area (Å²) in [5, 5.41) is 0. The molecule has 1 unspecified atom stereocenters. The highest BCUT2D eigenvalue weighted by atomic mass is 16.2. The molecule has 0 saturated carbocycles. The van der Waals surface area contributed by atoms with Crippen molar-refractivity contribution in [3.8, 4) is 0 Å². The predicted molar refractivity (Wildman–Crippen MR) is 75.5 cm³/mol. The lowest BCUT2D eigenvalue weighted by molar-refractivity contribution is -0.132. The molecule has 1 aliphatic heterocycles. The Morgan fingerprint density at radius 1 is 1.53 bits per heavy atom. The van der Waals surface area contributed by atoms with Crippen LogP contribution in [0.4, 0.5) is 0 Å². The molecule has 2 rings (SSSR count). The highest BCUT2D eigenvalue weighted by Crippen LogP contribution is 2.21. The first kappa shape index (κ1) is 14.0. The molecular weight excluding hydrogens is 238 g/mol. The number of rotatable bonds is 4. The van der Waals surface area contributed by atoms with Gasteiger partial charge in [-0.25, -0.2) is 0 Å². The SMILES string of the molecule is CC(N)CC(=O)N1CCC(Cc2cccnc2)CC1. The lowest BCUT2D eigenvalue weighted by Crippen LogP contribution is -2.40. The Bertz CT molecular complexity index is 397. The van der Waals surface area contributed by atoms with Crippen LogP contribution in [0.1, 0.15) is 31.7 Å². The number of hydrogen-bond donors (Lipinski definition) is 1. The molecule has 1 saturated heterocycles. The van der Waals surface area contributed by atoms with E-state index < -0.39 is 0 Å². The maximum atomic E-state index is 11.9. The number of amides is 1. The summed E-state index contributed by atoms with van der Waals surface area (Å²) in [6.07, 6.45) is 7.45. The third-order valence-corrected chi connectivity index (χ3v) is 3.71. The molecule has 0 bridgehead atoms. The first-order chi connectivity index (χ1) is 9.15. The van der Waals surface area contributed by atoms with Crippen LogP contribution in [-0.4, -0.2) is 34.9 Å². The van der Waals surface area contributed by atoms with E-state index in [2.05, 4.69) is 11.1 Å². The van der Waals surface area contributed by atoms with Gasteiger partial charge in [-0.2, -0.15) is 0 Å². The molecule has 0 radical (unpaired) electrons. The molecule has 1 aliphatic rings. The molecule has 2 N–H and O–H groups in total. The Hall–Kier alpha value is -1.42. The zero-order valence-corrected chi connectivity index (χ0v) is 11.6. The number of nitrogens with two attached hydrogens (primary N) is 1. The number of nitrogens with zero attached hydrogens (tertiary/aromatic N) is 2. The van der Waals surface area contributed by atoms with Crippen molar-refractivity contribution < 1.29 is 4.79 Å². The molecule has 0 aromatic carbocycles. The zero-order chi connectivity index (χ0) is 13.7. The second kappa shape index (κ2) is 6.66. The molecule has 0 spiro atoms. The minimum Gasteiger partial charge on any atom is -0.343 e. The first-order valence-electron chi connectivity index (χ1n) is 7.07. The van der Waals surface area contributed by atoms with Crippen molar-refractivity contribution >= 4 is 5.91 Å². The highest BCUT2D eigenvalue weighted by Gasteiger charge is 2.23. The number of aromatic nitrogens is 1. The standard InChI is InChI=1S/C15H23N3O/c1-12(16)9-15(19)18-7-4-13(5-8-18)10-14-3-2-6-17-11-14/h2-3,6,11-13H,4-5,7-10,16H2,1H3. The van der Waals surface area contributed by atoms with Crippen LogP contribution in [0.2, 0.25) is 0 Å². The Labute approximate surface area is 115 Å². The molecule has 4 heteroatoms. The van der Waals surface area contributed by atoms with Gasteiger partial charge in [0.25, 0.3) is 0 Å². The molecule has 4 nitrogen and oxygen atoms in total. The van der Waals surface area contributed by atoms with Gasteiger partial charge in [0, 0.05) is 37.9 Å². The van der Waals surface area contributed by atoms with Crippen molar-refractivity contribution in [1.82, 2.24) is 9.88 Å². The van der Waals surface area contributed by atoms with E-state index in [4.69, 9.17) is 5.73 Å². The van der Waals surface area contributed by atoms with E-state index in [1.54, 1.807) is 6.20 Å². The normalized spacial score (nSPS) is 18.3. The topological polar surface area (TPSA) is 59.2 Å². The molecule has 1 fully saturated rings. The average Bonchev–Trinajstić information content (AvgIpc) is 2.40. The molecule has 104 valence electrons. The Balaban J connectivity index is 1.78. The van der Waals surface area contributed by atoms with Crippen LogP contribution in [0.3, 0.4) is 0 Å². The van der Waals surface area contributed by atoms with Crippen molar-refractivity contribution in [1.29, 1.82) is 0 Å². The summed E-state index contributed by atoms with van der Waals surface area (Å²) in [5.41, 5.74) is 6.97. The minimum atomic E-state index is -0.0411. The summed E-state index contributed by atoms with van der Waals surface area (Å²) in [7, 11) is 0. The average molecular weight is 261 g/mol. The Morgan fingerprint density at radius 3 is 2.84 bits per heavy atom. The van der Waals surface area contributed by atoms with E-state index in [0.717, 1.165) is 32.4 Å². The fourth-order valence-electron chi connectivity index (χ4n) is 2.64. The predicted octanol–water partition coefficient (Wildman–Crippen LogP) is 1.60. The lowest BCUT2D eigenvalue weighted by Gasteiger charge is -2.32. The van der Waals surface area contributed by atoms with Crippen LogP contribution in [0, 0.1) is 5.92 Å². The summed E-state index contributed by atoms with van der Waals surface area (Å²) < 4.78 is 0. The van der Waals surface area contributed by atoms with E-state index >= 15 is 0 Å². The van der Waals surface area contributed by atoms with Gasteiger partial charge in [0.05, 0.1) is 0 Å². The number of carbonyl (C=O) groups excluding carboxylic acids is 1. The van der Waals surface area contributed by atoms with Crippen LogP contribution < -0.4 is 5.73 Å². The van der Waals surface area contributed by atoms with Gasteiger partial charge < -0.3 is 10.6 Å². The second-order valence-electron chi connectivity index (χ2n) is 5.57. The van der Waals surface area contributed by atoms with E-state index in [-0.39, 0.29) is 11.9 Å².